The molecule has 1 heterocycles. The van der Waals surface area contributed by atoms with Crippen LogP contribution in [0, 0.1) is 0 Å². The Morgan fingerprint density at radius 1 is 1.11 bits per heavy atom. The van der Waals surface area contributed by atoms with Crippen LogP contribution in [-0.2, 0) is 27.6 Å². The molecule has 1 aliphatic carbocycles. The van der Waals surface area contributed by atoms with Crippen molar-refractivity contribution < 1.29 is 22.7 Å². The first kappa shape index (κ1) is 20.5. The van der Waals surface area contributed by atoms with E-state index < -0.39 is 15.9 Å². The van der Waals surface area contributed by atoms with Crippen molar-refractivity contribution in [2.24, 2.45) is 0 Å². The highest BCUT2D eigenvalue weighted by atomic mass is 32.2. The first-order chi connectivity index (χ1) is 13.4. The molecule has 1 aromatic heterocycles. The number of thiophene rings is 1. The molecule has 2 aromatic rings. The summed E-state index contributed by atoms with van der Waals surface area (Å²) in [5.74, 6) is -0.900. The summed E-state index contributed by atoms with van der Waals surface area (Å²) in [6.07, 6.45) is 3.10. The van der Waals surface area contributed by atoms with Crippen LogP contribution in [0.2, 0.25) is 0 Å². The molecule has 0 saturated carbocycles. The molecule has 0 atom stereocenters. The monoisotopic (exact) mass is 423 g/mol. The maximum absolute atomic E-state index is 12.2. The fourth-order valence-electron chi connectivity index (χ4n) is 2.84. The van der Waals surface area contributed by atoms with E-state index in [9.17, 15) is 18.0 Å². The number of rotatable bonds is 7. The SMILES string of the molecule is COCCNS(=O)(=O)c1ccc(C(=O)NNC(=O)c2cc3c(s2)CCC3)cc1. The number of carbonyl (C=O) groups excluding carboxylic acids is 2. The lowest BCUT2D eigenvalue weighted by atomic mass is 10.2. The third kappa shape index (κ3) is 4.76. The first-order valence-corrected chi connectivity index (χ1v) is 11.0. The molecule has 0 bridgehead atoms. The number of nitrogens with one attached hydrogen (secondary N) is 3. The van der Waals surface area contributed by atoms with Crippen molar-refractivity contribution in [1.82, 2.24) is 15.6 Å². The van der Waals surface area contributed by atoms with Crippen molar-refractivity contribution in [3.63, 3.8) is 0 Å². The minimum Gasteiger partial charge on any atom is -0.383 e. The van der Waals surface area contributed by atoms with Gasteiger partial charge in [0, 0.05) is 24.1 Å². The second kappa shape index (κ2) is 8.82. The van der Waals surface area contributed by atoms with Crippen LogP contribution < -0.4 is 15.6 Å². The maximum Gasteiger partial charge on any atom is 0.279 e. The summed E-state index contributed by atoms with van der Waals surface area (Å²) in [6.45, 7) is 0.409. The molecular weight excluding hydrogens is 402 g/mol. The van der Waals surface area contributed by atoms with Gasteiger partial charge in [-0.2, -0.15) is 0 Å². The number of amides is 2. The highest BCUT2D eigenvalue weighted by Crippen LogP contribution is 2.30. The van der Waals surface area contributed by atoms with E-state index >= 15 is 0 Å². The van der Waals surface area contributed by atoms with Crippen molar-refractivity contribution in [3.8, 4) is 0 Å². The highest BCUT2D eigenvalue weighted by molar-refractivity contribution is 7.89. The predicted molar refractivity (Wildman–Crippen MR) is 105 cm³/mol. The summed E-state index contributed by atoms with van der Waals surface area (Å²) in [4.78, 5) is 26.2. The van der Waals surface area contributed by atoms with E-state index in [0.717, 1.165) is 19.3 Å². The van der Waals surface area contributed by atoms with Crippen LogP contribution in [-0.4, -0.2) is 40.5 Å². The Morgan fingerprint density at radius 3 is 2.50 bits per heavy atom. The molecule has 0 unspecified atom stereocenters. The van der Waals surface area contributed by atoms with Gasteiger partial charge in [0.05, 0.1) is 16.4 Å². The molecule has 0 aliphatic heterocycles. The van der Waals surface area contributed by atoms with Crippen LogP contribution >= 0.6 is 11.3 Å². The molecule has 0 radical (unpaired) electrons. The number of benzene rings is 1. The van der Waals surface area contributed by atoms with Gasteiger partial charge in [-0.3, -0.25) is 20.4 Å². The second-order valence-electron chi connectivity index (χ2n) is 6.24. The lowest BCUT2D eigenvalue weighted by Gasteiger charge is -2.08. The van der Waals surface area contributed by atoms with Gasteiger partial charge in [-0.15, -0.1) is 11.3 Å². The number of hydrazine groups is 1. The van der Waals surface area contributed by atoms with E-state index in [2.05, 4.69) is 15.6 Å². The first-order valence-electron chi connectivity index (χ1n) is 8.71. The topological polar surface area (TPSA) is 114 Å². The quantitative estimate of drug-likeness (QED) is 0.458. The minimum atomic E-state index is -3.67. The van der Waals surface area contributed by atoms with Gasteiger partial charge in [-0.1, -0.05) is 0 Å². The largest absolute Gasteiger partial charge is 0.383 e. The van der Waals surface area contributed by atoms with Gasteiger partial charge < -0.3 is 4.74 Å². The van der Waals surface area contributed by atoms with Crippen LogP contribution in [0.4, 0.5) is 0 Å². The maximum atomic E-state index is 12.2. The van der Waals surface area contributed by atoms with E-state index in [4.69, 9.17) is 4.74 Å². The van der Waals surface area contributed by atoms with Crippen LogP contribution in [0.25, 0.3) is 0 Å². The lowest BCUT2D eigenvalue weighted by Crippen LogP contribution is -2.41. The third-order valence-electron chi connectivity index (χ3n) is 4.29. The summed E-state index contributed by atoms with van der Waals surface area (Å²) in [6, 6.07) is 7.29. The number of carbonyl (C=O) groups is 2. The zero-order chi connectivity index (χ0) is 20.1. The number of hydrogen-bond acceptors (Lipinski definition) is 6. The lowest BCUT2D eigenvalue weighted by molar-refractivity contribution is 0.0849. The smallest absolute Gasteiger partial charge is 0.279 e. The van der Waals surface area contributed by atoms with Gasteiger partial charge in [-0.05, 0) is 55.2 Å². The van der Waals surface area contributed by atoms with E-state index in [-0.39, 0.29) is 29.5 Å². The van der Waals surface area contributed by atoms with Gasteiger partial charge in [0.2, 0.25) is 10.0 Å². The Hall–Kier alpha value is -2.27. The Kier molecular flexibility index (Phi) is 6.45. The van der Waals surface area contributed by atoms with Crippen molar-refractivity contribution in [1.29, 1.82) is 0 Å². The summed E-state index contributed by atoms with van der Waals surface area (Å²) in [5, 5.41) is 0. The average Bonchev–Trinajstić information content (AvgIpc) is 3.28. The standard InChI is InChI=1S/C18H21N3O5S2/c1-26-10-9-19-28(24,25)14-7-5-12(6-8-14)17(22)20-21-18(23)16-11-13-3-2-4-15(13)27-16/h5-8,11,19H,2-4,9-10H2,1H3,(H,20,22)(H,21,23). The normalized spacial score (nSPS) is 13.2. The number of methoxy groups -OCH3 is 1. The number of ether oxygens (including phenoxy) is 1. The minimum absolute atomic E-state index is 0.0392. The summed E-state index contributed by atoms with van der Waals surface area (Å²) in [5.41, 5.74) is 6.17. The van der Waals surface area contributed by atoms with Crippen LogP contribution in [0.5, 0.6) is 0 Å². The molecule has 0 spiro atoms. The number of fused-ring (bicyclic) bond motifs is 1. The van der Waals surface area contributed by atoms with Crippen molar-refractivity contribution in [2.75, 3.05) is 20.3 Å². The molecule has 10 heteroatoms. The van der Waals surface area contributed by atoms with Gasteiger partial charge in [0.15, 0.2) is 0 Å². The van der Waals surface area contributed by atoms with Crippen LogP contribution in [0.3, 0.4) is 0 Å². The Bertz CT molecular complexity index is 946. The zero-order valence-corrected chi connectivity index (χ0v) is 16.9. The fraction of sp³-hybridized carbons (Fsp3) is 0.333. The molecular formula is C18H21N3O5S2. The fourth-order valence-corrected chi connectivity index (χ4v) is 5.00. The molecule has 8 nitrogen and oxygen atoms in total. The molecule has 3 N–H and O–H groups in total. The van der Waals surface area contributed by atoms with Crippen LogP contribution in [0.15, 0.2) is 35.2 Å². The van der Waals surface area contributed by atoms with E-state index in [1.807, 2.05) is 6.07 Å². The zero-order valence-electron chi connectivity index (χ0n) is 15.3. The van der Waals surface area contributed by atoms with Gasteiger partial charge in [0.1, 0.15) is 0 Å². The molecule has 3 rings (SSSR count). The van der Waals surface area contributed by atoms with E-state index in [1.165, 1.54) is 53.2 Å². The Labute approximate surface area is 167 Å². The summed E-state index contributed by atoms with van der Waals surface area (Å²) in [7, 11) is -2.19. The van der Waals surface area contributed by atoms with E-state index in [1.54, 1.807) is 0 Å². The highest BCUT2D eigenvalue weighted by Gasteiger charge is 2.19. The molecule has 0 saturated heterocycles. The second-order valence-corrected chi connectivity index (χ2v) is 9.14. The summed E-state index contributed by atoms with van der Waals surface area (Å²) >= 11 is 1.44. The predicted octanol–water partition coefficient (Wildman–Crippen LogP) is 1.24. The van der Waals surface area contributed by atoms with Gasteiger partial charge in [0.25, 0.3) is 11.8 Å². The molecule has 0 fully saturated rings. The Balaban J connectivity index is 1.56. The third-order valence-corrected chi connectivity index (χ3v) is 7.00. The van der Waals surface area contributed by atoms with E-state index in [0.29, 0.717) is 4.88 Å². The van der Waals surface area contributed by atoms with Gasteiger partial charge >= 0.3 is 0 Å². The molecule has 1 aliphatic rings. The number of sulfonamides is 1. The van der Waals surface area contributed by atoms with Crippen molar-refractivity contribution in [2.45, 2.75) is 24.2 Å². The number of hydrogen-bond donors (Lipinski definition) is 3. The van der Waals surface area contributed by atoms with Crippen molar-refractivity contribution in [3.05, 3.63) is 51.2 Å². The van der Waals surface area contributed by atoms with Gasteiger partial charge in [-0.25, -0.2) is 13.1 Å². The molecule has 28 heavy (non-hydrogen) atoms. The molecule has 1 aromatic carbocycles. The van der Waals surface area contributed by atoms with Crippen molar-refractivity contribution >= 4 is 33.2 Å². The molecule has 2 amide bonds. The average molecular weight is 424 g/mol. The Morgan fingerprint density at radius 2 is 1.82 bits per heavy atom. The number of aryl methyl sites for hydroxylation is 2. The summed E-state index contributed by atoms with van der Waals surface area (Å²) < 4.78 is 31.4. The van der Waals surface area contributed by atoms with Crippen LogP contribution in [0.1, 0.15) is 36.9 Å². The molecule has 150 valence electrons.